The SMILES string of the molecule is CC(Cc1cc(N)ccc1C(=O)O)c1ccccc1[N+](=O)[O-]. The van der Waals surface area contributed by atoms with Crippen LogP contribution in [0.5, 0.6) is 0 Å². The third kappa shape index (κ3) is 3.22. The number of benzene rings is 2. The molecule has 0 aliphatic carbocycles. The highest BCUT2D eigenvalue weighted by atomic mass is 16.6. The molecule has 0 amide bonds. The third-order valence-electron chi connectivity index (χ3n) is 3.55. The number of carboxylic acid groups (broad SMARTS) is 1. The molecule has 0 fully saturated rings. The van der Waals surface area contributed by atoms with Crippen LogP contribution >= 0.6 is 0 Å². The van der Waals surface area contributed by atoms with E-state index in [9.17, 15) is 20.0 Å². The van der Waals surface area contributed by atoms with E-state index in [1.165, 1.54) is 18.2 Å². The van der Waals surface area contributed by atoms with Crippen LogP contribution in [0.25, 0.3) is 0 Å². The molecule has 0 aromatic heterocycles. The second-order valence-electron chi connectivity index (χ2n) is 5.14. The molecule has 0 bridgehead atoms. The Bertz CT molecular complexity index is 728. The Hall–Kier alpha value is -2.89. The number of anilines is 1. The van der Waals surface area contributed by atoms with Gasteiger partial charge in [0, 0.05) is 17.3 Å². The summed E-state index contributed by atoms with van der Waals surface area (Å²) in [5, 5.41) is 20.3. The quantitative estimate of drug-likeness (QED) is 0.501. The standard InChI is InChI=1S/C16H16N2O4/c1-10(13-4-2-3-5-15(13)18(21)22)8-11-9-12(17)6-7-14(11)16(19)20/h2-7,9-10H,8,17H2,1H3,(H,19,20). The van der Waals surface area contributed by atoms with Crippen molar-refractivity contribution in [2.75, 3.05) is 5.73 Å². The van der Waals surface area contributed by atoms with Gasteiger partial charge in [-0.25, -0.2) is 4.79 Å². The lowest BCUT2D eigenvalue weighted by Crippen LogP contribution is -2.08. The van der Waals surface area contributed by atoms with Crippen LogP contribution in [0.3, 0.4) is 0 Å². The van der Waals surface area contributed by atoms with Crippen LogP contribution in [-0.2, 0) is 6.42 Å². The summed E-state index contributed by atoms with van der Waals surface area (Å²) in [4.78, 5) is 21.9. The summed E-state index contributed by atoms with van der Waals surface area (Å²) in [5.74, 6) is -1.24. The lowest BCUT2D eigenvalue weighted by atomic mass is 9.90. The van der Waals surface area contributed by atoms with E-state index in [2.05, 4.69) is 0 Å². The van der Waals surface area contributed by atoms with Crippen molar-refractivity contribution in [3.05, 3.63) is 69.3 Å². The minimum atomic E-state index is -1.04. The first-order valence-electron chi connectivity index (χ1n) is 6.75. The van der Waals surface area contributed by atoms with Gasteiger partial charge in [0.15, 0.2) is 0 Å². The molecule has 0 spiro atoms. The van der Waals surface area contributed by atoms with Crippen molar-refractivity contribution >= 4 is 17.3 Å². The maximum absolute atomic E-state index is 11.3. The Balaban J connectivity index is 2.38. The summed E-state index contributed by atoms with van der Waals surface area (Å²) < 4.78 is 0. The minimum Gasteiger partial charge on any atom is -0.478 e. The molecule has 114 valence electrons. The molecule has 6 heteroatoms. The van der Waals surface area contributed by atoms with E-state index < -0.39 is 10.9 Å². The van der Waals surface area contributed by atoms with Gasteiger partial charge in [-0.05, 0) is 36.1 Å². The van der Waals surface area contributed by atoms with Crippen molar-refractivity contribution in [3.8, 4) is 0 Å². The summed E-state index contributed by atoms with van der Waals surface area (Å²) in [6, 6.07) is 11.1. The number of nitrogens with two attached hydrogens (primary N) is 1. The zero-order chi connectivity index (χ0) is 16.3. The first-order valence-corrected chi connectivity index (χ1v) is 6.75. The lowest BCUT2D eigenvalue weighted by molar-refractivity contribution is -0.385. The largest absolute Gasteiger partial charge is 0.478 e. The topological polar surface area (TPSA) is 106 Å². The average Bonchev–Trinajstić information content (AvgIpc) is 2.46. The Morgan fingerprint density at radius 1 is 1.32 bits per heavy atom. The van der Waals surface area contributed by atoms with Gasteiger partial charge in [-0.2, -0.15) is 0 Å². The van der Waals surface area contributed by atoms with E-state index in [0.29, 0.717) is 23.2 Å². The van der Waals surface area contributed by atoms with Crippen LogP contribution in [0.15, 0.2) is 42.5 Å². The highest BCUT2D eigenvalue weighted by Crippen LogP contribution is 2.30. The lowest BCUT2D eigenvalue weighted by Gasteiger charge is -2.14. The number of hydrogen-bond acceptors (Lipinski definition) is 4. The van der Waals surface area contributed by atoms with Gasteiger partial charge in [-0.15, -0.1) is 0 Å². The molecular weight excluding hydrogens is 284 g/mol. The van der Waals surface area contributed by atoms with Gasteiger partial charge in [0.05, 0.1) is 10.5 Å². The summed E-state index contributed by atoms with van der Waals surface area (Å²) in [5.41, 5.74) is 7.53. The van der Waals surface area contributed by atoms with E-state index in [4.69, 9.17) is 5.73 Å². The van der Waals surface area contributed by atoms with Gasteiger partial charge < -0.3 is 10.8 Å². The van der Waals surface area contributed by atoms with Crippen LogP contribution < -0.4 is 5.73 Å². The fraction of sp³-hybridized carbons (Fsp3) is 0.188. The van der Waals surface area contributed by atoms with E-state index in [1.54, 1.807) is 24.3 Å². The molecule has 1 atom stereocenters. The molecule has 0 radical (unpaired) electrons. The Labute approximate surface area is 127 Å². The molecule has 0 saturated carbocycles. The van der Waals surface area contributed by atoms with Crippen molar-refractivity contribution in [1.29, 1.82) is 0 Å². The van der Waals surface area contributed by atoms with Crippen LogP contribution in [-0.4, -0.2) is 16.0 Å². The number of nitrogen functional groups attached to an aromatic ring is 1. The molecule has 2 aromatic carbocycles. The monoisotopic (exact) mass is 300 g/mol. The molecule has 2 rings (SSSR count). The van der Waals surface area contributed by atoms with Gasteiger partial charge in [0.1, 0.15) is 0 Å². The number of nitro benzene ring substituents is 1. The first-order chi connectivity index (χ1) is 10.4. The zero-order valence-electron chi connectivity index (χ0n) is 12.0. The Morgan fingerprint density at radius 3 is 2.64 bits per heavy atom. The normalized spacial score (nSPS) is 11.9. The number of aromatic carboxylic acids is 1. The highest BCUT2D eigenvalue weighted by Gasteiger charge is 2.20. The molecule has 3 N–H and O–H groups in total. The summed E-state index contributed by atoms with van der Waals surface area (Å²) in [7, 11) is 0. The zero-order valence-corrected chi connectivity index (χ0v) is 12.0. The van der Waals surface area contributed by atoms with Gasteiger partial charge >= 0.3 is 5.97 Å². The van der Waals surface area contributed by atoms with E-state index in [1.807, 2.05) is 6.92 Å². The van der Waals surface area contributed by atoms with Crippen molar-refractivity contribution in [1.82, 2.24) is 0 Å². The number of nitrogens with zero attached hydrogens (tertiary/aromatic N) is 1. The van der Waals surface area contributed by atoms with Gasteiger partial charge in [0.2, 0.25) is 0 Å². The molecule has 0 heterocycles. The summed E-state index contributed by atoms with van der Waals surface area (Å²) in [6.07, 6.45) is 0.359. The smallest absolute Gasteiger partial charge is 0.335 e. The number of carboxylic acids is 1. The van der Waals surface area contributed by atoms with Crippen molar-refractivity contribution < 1.29 is 14.8 Å². The van der Waals surface area contributed by atoms with Gasteiger partial charge in [-0.3, -0.25) is 10.1 Å². The molecular formula is C16H16N2O4. The van der Waals surface area contributed by atoms with Gasteiger partial charge in [-0.1, -0.05) is 25.1 Å². The average molecular weight is 300 g/mol. The predicted octanol–water partition coefficient (Wildman–Crippen LogP) is 3.22. The first kappa shape index (κ1) is 15.5. The Kier molecular flexibility index (Phi) is 4.41. The number of hydrogen-bond donors (Lipinski definition) is 2. The molecule has 0 aliphatic rings. The van der Waals surface area contributed by atoms with Crippen LogP contribution in [0, 0.1) is 10.1 Å². The van der Waals surface area contributed by atoms with Gasteiger partial charge in [0.25, 0.3) is 5.69 Å². The number of nitro groups is 1. The van der Waals surface area contributed by atoms with E-state index in [0.717, 1.165) is 0 Å². The Morgan fingerprint density at radius 2 is 2.00 bits per heavy atom. The van der Waals surface area contributed by atoms with Crippen molar-refractivity contribution in [2.45, 2.75) is 19.3 Å². The minimum absolute atomic E-state index is 0.0378. The summed E-state index contributed by atoms with van der Waals surface area (Å²) >= 11 is 0. The second kappa shape index (κ2) is 6.26. The van der Waals surface area contributed by atoms with Crippen LogP contribution in [0.4, 0.5) is 11.4 Å². The van der Waals surface area contributed by atoms with Crippen molar-refractivity contribution in [2.24, 2.45) is 0 Å². The molecule has 22 heavy (non-hydrogen) atoms. The second-order valence-corrected chi connectivity index (χ2v) is 5.14. The maximum atomic E-state index is 11.3. The highest BCUT2D eigenvalue weighted by molar-refractivity contribution is 5.90. The molecule has 0 aliphatic heterocycles. The molecule has 0 saturated heterocycles. The number of carbonyl (C=O) groups is 1. The van der Waals surface area contributed by atoms with Crippen LogP contribution in [0.2, 0.25) is 0 Å². The number of para-hydroxylation sites is 1. The fourth-order valence-corrected chi connectivity index (χ4v) is 2.50. The van der Waals surface area contributed by atoms with E-state index >= 15 is 0 Å². The predicted molar refractivity (Wildman–Crippen MR) is 83.0 cm³/mol. The maximum Gasteiger partial charge on any atom is 0.335 e. The third-order valence-corrected chi connectivity index (χ3v) is 3.55. The summed E-state index contributed by atoms with van der Waals surface area (Å²) in [6.45, 7) is 1.83. The van der Waals surface area contributed by atoms with E-state index in [-0.39, 0.29) is 17.2 Å². The van der Waals surface area contributed by atoms with Crippen molar-refractivity contribution in [3.63, 3.8) is 0 Å². The number of rotatable bonds is 5. The molecule has 2 aromatic rings. The molecule has 6 nitrogen and oxygen atoms in total. The molecule has 1 unspecified atom stereocenters. The van der Waals surface area contributed by atoms with Crippen LogP contribution in [0.1, 0.15) is 34.3 Å². The fourth-order valence-electron chi connectivity index (χ4n) is 2.50.